The van der Waals surface area contributed by atoms with Crippen LogP contribution in [0.2, 0.25) is 0 Å². The van der Waals surface area contributed by atoms with E-state index in [0.29, 0.717) is 5.69 Å². The van der Waals surface area contributed by atoms with Crippen LogP contribution in [0.5, 0.6) is 0 Å². The Morgan fingerprint density at radius 2 is 1.65 bits per heavy atom. The minimum absolute atomic E-state index is 0.120. The number of rotatable bonds is 8. The third-order valence-electron chi connectivity index (χ3n) is 4.65. The zero-order valence-corrected chi connectivity index (χ0v) is 18.1. The second kappa shape index (κ2) is 9.72. The van der Waals surface area contributed by atoms with E-state index in [4.69, 9.17) is 4.74 Å². The van der Waals surface area contributed by atoms with Crippen LogP contribution in [0.25, 0.3) is 10.8 Å². The van der Waals surface area contributed by atoms with Crippen LogP contribution in [0.1, 0.15) is 18.9 Å². The number of aryl methyl sites for hydroxylation is 1. The number of carbonyl (C=O) groups is 2. The van der Waals surface area contributed by atoms with Gasteiger partial charge in [0.25, 0.3) is 5.91 Å². The first-order chi connectivity index (χ1) is 14.7. The Kier molecular flexibility index (Phi) is 7.04. The molecule has 0 heterocycles. The van der Waals surface area contributed by atoms with Crippen LogP contribution < -0.4 is 10.0 Å². The van der Waals surface area contributed by atoms with Crippen molar-refractivity contribution in [2.24, 2.45) is 0 Å². The van der Waals surface area contributed by atoms with Crippen molar-refractivity contribution < 1.29 is 22.7 Å². The van der Waals surface area contributed by atoms with Gasteiger partial charge in [0.1, 0.15) is 0 Å². The number of amides is 1. The van der Waals surface area contributed by atoms with E-state index in [9.17, 15) is 18.0 Å². The summed E-state index contributed by atoms with van der Waals surface area (Å²) in [5.74, 6) is -1.14. The summed E-state index contributed by atoms with van der Waals surface area (Å²) in [5, 5.41) is 4.74. The number of hydrogen-bond acceptors (Lipinski definition) is 5. The molecule has 7 nitrogen and oxygen atoms in total. The van der Waals surface area contributed by atoms with E-state index >= 15 is 0 Å². The van der Waals surface area contributed by atoms with Gasteiger partial charge in [0.2, 0.25) is 10.0 Å². The quantitative estimate of drug-likeness (QED) is 0.523. The number of nitrogens with one attached hydrogen (secondary N) is 2. The molecule has 162 valence electrons. The lowest BCUT2D eigenvalue weighted by molar-refractivity contribution is -0.152. The average Bonchev–Trinajstić information content (AvgIpc) is 2.73. The smallest absolute Gasteiger partial charge is 0.307 e. The molecule has 0 aromatic heterocycles. The van der Waals surface area contributed by atoms with Gasteiger partial charge in [-0.1, -0.05) is 48.0 Å². The largest absolute Gasteiger partial charge is 0.452 e. The summed E-state index contributed by atoms with van der Waals surface area (Å²) in [6, 6.07) is 19.6. The zero-order chi connectivity index (χ0) is 22.4. The Balaban J connectivity index is 1.48. The Morgan fingerprint density at radius 1 is 0.968 bits per heavy atom. The molecule has 0 aliphatic carbocycles. The van der Waals surface area contributed by atoms with E-state index in [1.54, 1.807) is 18.2 Å². The molecule has 1 atom stereocenters. The lowest BCUT2D eigenvalue weighted by Gasteiger charge is -2.14. The molecule has 3 rings (SSSR count). The van der Waals surface area contributed by atoms with Gasteiger partial charge in [0.15, 0.2) is 6.10 Å². The Bertz CT molecular complexity index is 1190. The Labute approximate surface area is 181 Å². The molecule has 0 saturated heterocycles. The van der Waals surface area contributed by atoms with Gasteiger partial charge in [-0.3, -0.25) is 9.59 Å². The number of hydrogen-bond donors (Lipinski definition) is 2. The fourth-order valence-corrected chi connectivity index (χ4v) is 3.94. The Hall–Kier alpha value is -3.23. The standard InChI is InChI=1S/C23H24N2O5S/c1-16-7-11-21(12-8-16)31(28,29)24-14-13-22(26)30-17(2)23(27)25-20-10-9-18-5-3-4-6-19(18)15-20/h3-12,15,17,24H,13-14H2,1-2H3,(H,25,27). The maximum Gasteiger partial charge on any atom is 0.307 e. The maximum atomic E-state index is 12.3. The van der Waals surface area contributed by atoms with Crippen molar-refractivity contribution in [3.05, 3.63) is 72.3 Å². The molecule has 2 N–H and O–H groups in total. The molecule has 3 aromatic rings. The van der Waals surface area contributed by atoms with Crippen LogP contribution in [0.4, 0.5) is 5.69 Å². The topological polar surface area (TPSA) is 102 Å². The molecule has 0 saturated carbocycles. The summed E-state index contributed by atoms with van der Waals surface area (Å²) >= 11 is 0. The summed E-state index contributed by atoms with van der Waals surface area (Å²) < 4.78 is 31.9. The number of anilines is 1. The molecule has 31 heavy (non-hydrogen) atoms. The highest BCUT2D eigenvalue weighted by molar-refractivity contribution is 7.89. The van der Waals surface area contributed by atoms with Crippen LogP contribution in [0, 0.1) is 6.92 Å². The normalized spacial score (nSPS) is 12.3. The number of carbonyl (C=O) groups excluding carboxylic acids is 2. The first-order valence-electron chi connectivity index (χ1n) is 9.80. The molecule has 0 aliphatic heterocycles. The van der Waals surface area contributed by atoms with Crippen LogP contribution in [-0.4, -0.2) is 32.9 Å². The van der Waals surface area contributed by atoms with Crippen molar-refractivity contribution in [1.29, 1.82) is 0 Å². The van der Waals surface area contributed by atoms with Crippen LogP contribution in [0.15, 0.2) is 71.6 Å². The van der Waals surface area contributed by atoms with E-state index in [1.807, 2.05) is 43.3 Å². The van der Waals surface area contributed by atoms with Crippen LogP contribution in [-0.2, 0) is 24.3 Å². The predicted molar refractivity (Wildman–Crippen MR) is 119 cm³/mol. The number of esters is 1. The molecule has 8 heteroatoms. The summed E-state index contributed by atoms with van der Waals surface area (Å²) in [6.07, 6.45) is -1.22. The molecular weight excluding hydrogens is 416 g/mol. The van der Waals surface area contributed by atoms with Crippen molar-refractivity contribution >= 4 is 38.4 Å². The van der Waals surface area contributed by atoms with E-state index < -0.39 is 28.0 Å². The lowest BCUT2D eigenvalue weighted by Crippen LogP contribution is -2.32. The van der Waals surface area contributed by atoms with Crippen molar-refractivity contribution in [2.75, 3.05) is 11.9 Å². The molecule has 3 aromatic carbocycles. The number of fused-ring (bicyclic) bond motifs is 1. The zero-order valence-electron chi connectivity index (χ0n) is 17.3. The second-order valence-electron chi connectivity index (χ2n) is 7.14. The van der Waals surface area contributed by atoms with Gasteiger partial charge < -0.3 is 10.1 Å². The van der Waals surface area contributed by atoms with E-state index in [1.165, 1.54) is 19.1 Å². The molecule has 0 spiro atoms. The summed E-state index contributed by atoms with van der Waals surface area (Å²) in [7, 11) is -3.71. The number of benzene rings is 3. The third kappa shape index (κ3) is 6.13. The van der Waals surface area contributed by atoms with Crippen molar-refractivity contribution in [2.45, 2.75) is 31.3 Å². The van der Waals surface area contributed by atoms with E-state index in [0.717, 1.165) is 16.3 Å². The van der Waals surface area contributed by atoms with Crippen molar-refractivity contribution in [1.82, 2.24) is 4.72 Å². The molecule has 1 amide bonds. The van der Waals surface area contributed by atoms with E-state index in [2.05, 4.69) is 10.0 Å². The van der Waals surface area contributed by atoms with Gasteiger partial charge >= 0.3 is 5.97 Å². The summed E-state index contributed by atoms with van der Waals surface area (Å²) in [6.45, 7) is 3.19. The maximum absolute atomic E-state index is 12.3. The van der Waals surface area contributed by atoms with Crippen LogP contribution >= 0.6 is 0 Å². The molecular formula is C23H24N2O5S. The van der Waals surface area contributed by atoms with E-state index in [-0.39, 0.29) is 17.9 Å². The SMILES string of the molecule is Cc1ccc(S(=O)(=O)NCCC(=O)OC(C)C(=O)Nc2ccc3ccccc3c2)cc1. The van der Waals surface area contributed by atoms with Crippen molar-refractivity contribution in [3.63, 3.8) is 0 Å². The van der Waals surface area contributed by atoms with Crippen LogP contribution in [0.3, 0.4) is 0 Å². The minimum atomic E-state index is -3.71. The third-order valence-corrected chi connectivity index (χ3v) is 6.12. The number of ether oxygens (including phenoxy) is 1. The molecule has 0 fully saturated rings. The average molecular weight is 441 g/mol. The minimum Gasteiger partial charge on any atom is -0.452 e. The van der Waals surface area contributed by atoms with Crippen molar-refractivity contribution in [3.8, 4) is 0 Å². The first-order valence-corrected chi connectivity index (χ1v) is 11.3. The number of sulfonamides is 1. The highest BCUT2D eigenvalue weighted by Gasteiger charge is 2.19. The van der Waals surface area contributed by atoms with Gasteiger partial charge in [-0.15, -0.1) is 0 Å². The molecule has 0 bridgehead atoms. The predicted octanol–water partition coefficient (Wildman–Crippen LogP) is 3.39. The first kappa shape index (κ1) is 22.5. The van der Waals surface area contributed by atoms with Gasteiger partial charge in [0.05, 0.1) is 11.3 Å². The molecule has 0 radical (unpaired) electrons. The van der Waals surface area contributed by atoms with Gasteiger partial charge in [-0.25, -0.2) is 13.1 Å². The fraction of sp³-hybridized carbons (Fsp3) is 0.217. The van der Waals surface area contributed by atoms with Gasteiger partial charge in [0, 0.05) is 12.2 Å². The summed E-state index contributed by atoms with van der Waals surface area (Å²) in [5.41, 5.74) is 1.54. The monoisotopic (exact) mass is 440 g/mol. The highest BCUT2D eigenvalue weighted by atomic mass is 32.2. The van der Waals surface area contributed by atoms with Gasteiger partial charge in [-0.2, -0.15) is 0 Å². The summed E-state index contributed by atoms with van der Waals surface area (Å²) in [4.78, 5) is 24.5. The lowest BCUT2D eigenvalue weighted by atomic mass is 10.1. The Morgan fingerprint density at radius 3 is 2.35 bits per heavy atom. The molecule has 0 aliphatic rings. The fourth-order valence-electron chi connectivity index (χ4n) is 2.91. The molecule has 1 unspecified atom stereocenters. The second-order valence-corrected chi connectivity index (χ2v) is 8.91. The highest BCUT2D eigenvalue weighted by Crippen LogP contribution is 2.19. The van der Waals surface area contributed by atoms with Gasteiger partial charge in [-0.05, 0) is 48.9 Å².